The summed E-state index contributed by atoms with van der Waals surface area (Å²) in [5.41, 5.74) is 8.12. The molecule has 7 rings (SSSR count). The molecule has 35 heavy (non-hydrogen) atoms. The third-order valence-corrected chi connectivity index (χ3v) is 7.12. The van der Waals surface area contributed by atoms with Gasteiger partial charge in [-0.1, -0.05) is 18.2 Å². The minimum absolute atomic E-state index is 0.842. The Morgan fingerprint density at radius 2 is 1.26 bits per heavy atom. The number of rotatable bonds is 4. The molecule has 0 spiro atoms. The summed E-state index contributed by atoms with van der Waals surface area (Å²) in [5, 5.41) is 0. The molecule has 2 aromatic carbocycles. The quantitative estimate of drug-likeness (QED) is 0.291. The second-order valence-electron chi connectivity index (χ2n) is 8.25. The molecular formula is C28H18N6S. The van der Waals surface area contributed by atoms with E-state index in [4.69, 9.17) is 9.97 Å². The Bertz CT molecular complexity index is 1800. The van der Waals surface area contributed by atoms with Crippen LogP contribution in [0.15, 0.2) is 97.5 Å². The lowest BCUT2D eigenvalue weighted by Gasteiger charge is -2.01. The number of aromatic nitrogens is 6. The molecule has 2 N–H and O–H groups in total. The highest BCUT2D eigenvalue weighted by Gasteiger charge is 2.12. The van der Waals surface area contributed by atoms with E-state index in [0.717, 1.165) is 65.9 Å². The Kier molecular flexibility index (Phi) is 4.53. The lowest BCUT2D eigenvalue weighted by Crippen LogP contribution is -1.80. The molecule has 0 aliphatic rings. The molecule has 166 valence electrons. The van der Waals surface area contributed by atoms with Gasteiger partial charge in [0.2, 0.25) is 0 Å². The van der Waals surface area contributed by atoms with Crippen LogP contribution >= 0.6 is 11.3 Å². The normalized spacial score (nSPS) is 11.4. The van der Waals surface area contributed by atoms with Crippen LogP contribution in [0.1, 0.15) is 0 Å². The number of nitrogens with zero attached hydrogens (tertiary/aromatic N) is 4. The highest BCUT2D eigenvalue weighted by Crippen LogP contribution is 2.34. The Morgan fingerprint density at radius 3 is 1.97 bits per heavy atom. The van der Waals surface area contributed by atoms with E-state index in [1.54, 1.807) is 23.7 Å². The lowest BCUT2D eigenvalue weighted by molar-refractivity contribution is 1.28. The number of fused-ring (bicyclic) bond motifs is 2. The minimum atomic E-state index is 0.842. The Balaban J connectivity index is 1.23. The molecule has 5 aromatic heterocycles. The first-order valence-electron chi connectivity index (χ1n) is 11.2. The molecule has 7 aromatic rings. The predicted octanol–water partition coefficient (Wildman–Crippen LogP) is 6.96. The van der Waals surface area contributed by atoms with Gasteiger partial charge in [-0.2, -0.15) is 0 Å². The summed E-state index contributed by atoms with van der Waals surface area (Å²) in [6.07, 6.45) is 5.37. The Labute approximate surface area is 204 Å². The topological polar surface area (TPSA) is 83.1 Å². The van der Waals surface area contributed by atoms with Crippen molar-refractivity contribution in [2.45, 2.75) is 0 Å². The summed E-state index contributed by atoms with van der Waals surface area (Å²) in [4.78, 5) is 27.2. The van der Waals surface area contributed by atoms with Gasteiger partial charge in [0.1, 0.15) is 11.6 Å². The van der Waals surface area contributed by atoms with Crippen molar-refractivity contribution >= 4 is 33.4 Å². The van der Waals surface area contributed by atoms with Gasteiger partial charge < -0.3 is 9.97 Å². The van der Waals surface area contributed by atoms with Crippen LogP contribution in [0.4, 0.5) is 0 Å². The molecule has 7 heteroatoms. The molecule has 0 amide bonds. The standard InChI is InChI=1S/C28H18N6S/c1-2-12-30-22(3-1)25-8-9-26(35-25)28-32-21-7-5-19(16-24(21)34-28)18-4-6-20-23(15-18)33-27(31-20)17-10-13-29-14-11-17/h1-16H,(H,31,33)(H,32,34). The van der Waals surface area contributed by atoms with Gasteiger partial charge in [0, 0.05) is 24.2 Å². The maximum absolute atomic E-state index is 4.82. The van der Waals surface area contributed by atoms with E-state index >= 15 is 0 Å². The van der Waals surface area contributed by atoms with Gasteiger partial charge in [-0.05, 0) is 71.8 Å². The Hall–Kier alpha value is -4.62. The average Bonchev–Trinajstić information content (AvgIpc) is 3.66. The molecule has 0 atom stereocenters. The number of imidazole rings is 2. The first-order chi connectivity index (χ1) is 17.3. The molecule has 0 fully saturated rings. The molecule has 0 bridgehead atoms. The summed E-state index contributed by atoms with van der Waals surface area (Å²) < 4.78 is 0. The first-order valence-corrected chi connectivity index (χ1v) is 12.0. The first kappa shape index (κ1) is 19.8. The lowest BCUT2D eigenvalue weighted by atomic mass is 10.0. The largest absolute Gasteiger partial charge is 0.338 e. The second kappa shape index (κ2) is 8.00. The van der Waals surface area contributed by atoms with E-state index in [1.807, 2.05) is 36.5 Å². The molecule has 0 radical (unpaired) electrons. The molecule has 5 heterocycles. The number of thiophene rings is 1. The highest BCUT2D eigenvalue weighted by atomic mass is 32.1. The molecule has 6 nitrogen and oxygen atoms in total. The van der Waals surface area contributed by atoms with Gasteiger partial charge in [-0.15, -0.1) is 11.3 Å². The Morgan fingerprint density at radius 1 is 0.571 bits per heavy atom. The molecular weight excluding hydrogens is 452 g/mol. The van der Waals surface area contributed by atoms with Gasteiger partial charge in [-0.25, -0.2) is 9.97 Å². The van der Waals surface area contributed by atoms with Crippen LogP contribution in [0.25, 0.3) is 65.9 Å². The van der Waals surface area contributed by atoms with Crippen molar-refractivity contribution in [3.05, 3.63) is 97.5 Å². The van der Waals surface area contributed by atoms with Crippen LogP contribution in [0.3, 0.4) is 0 Å². The number of aromatic amines is 2. The zero-order valence-corrected chi connectivity index (χ0v) is 19.3. The van der Waals surface area contributed by atoms with E-state index in [-0.39, 0.29) is 0 Å². The zero-order valence-electron chi connectivity index (χ0n) is 18.4. The van der Waals surface area contributed by atoms with Crippen LogP contribution in [0.5, 0.6) is 0 Å². The van der Waals surface area contributed by atoms with Gasteiger partial charge in [0.25, 0.3) is 0 Å². The van der Waals surface area contributed by atoms with Crippen molar-refractivity contribution in [3.8, 4) is 43.8 Å². The van der Waals surface area contributed by atoms with Crippen LogP contribution in [-0.2, 0) is 0 Å². The van der Waals surface area contributed by atoms with E-state index in [2.05, 4.69) is 68.5 Å². The summed E-state index contributed by atoms with van der Waals surface area (Å²) in [5.74, 6) is 1.71. The van der Waals surface area contributed by atoms with Crippen LogP contribution in [0.2, 0.25) is 0 Å². The maximum atomic E-state index is 4.82. The average molecular weight is 471 g/mol. The SMILES string of the molecule is c1ccc(-c2ccc(-c3nc4ccc(-c5ccc6nc(-c7ccncc7)[nH]c6c5)cc4[nH]3)s2)nc1. The number of hydrogen-bond acceptors (Lipinski definition) is 5. The number of hydrogen-bond donors (Lipinski definition) is 2. The van der Waals surface area contributed by atoms with Crippen molar-refractivity contribution in [2.24, 2.45) is 0 Å². The fraction of sp³-hybridized carbons (Fsp3) is 0. The van der Waals surface area contributed by atoms with Crippen molar-refractivity contribution in [3.63, 3.8) is 0 Å². The van der Waals surface area contributed by atoms with Crippen molar-refractivity contribution in [1.82, 2.24) is 29.9 Å². The van der Waals surface area contributed by atoms with Gasteiger partial charge in [0.15, 0.2) is 0 Å². The van der Waals surface area contributed by atoms with Gasteiger partial charge in [0.05, 0.1) is 37.5 Å². The van der Waals surface area contributed by atoms with E-state index in [1.165, 1.54) is 0 Å². The molecule has 0 saturated heterocycles. The van der Waals surface area contributed by atoms with Crippen LogP contribution < -0.4 is 0 Å². The third kappa shape index (κ3) is 3.59. The maximum Gasteiger partial charge on any atom is 0.148 e. The molecule has 0 saturated carbocycles. The van der Waals surface area contributed by atoms with E-state index in [0.29, 0.717) is 0 Å². The van der Waals surface area contributed by atoms with E-state index in [9.17, 15) is 0 Å². The third-order valence-electron chi connectivity index (χ3n) is 6.01. The fourth-order valence-corrected chi connectivity index (χ4v) is 5.18. The summed E-state index contributed by atoms with van der Waals surface area (Å²) in [6.45, 7) is 0. The van der Waals surface area contributed by atoms with Crippen molar-refractivity contribution in [1.29, 1.82) is 0 Å². The minimum Gasteiger partial charge on any atom is -0.338 e. The zero-order chi connectivity index (χ0) is 23.2. The predicted molar refractivity (Wildman–Crippen MR) is 141 cm³/mol. The number of benzene rings is 2. The smallest absolute Gasteiger partial charge is 0.148 e. The molecule has 0 unspecified atom stereocenters. The number of pyridine rings is 2. The van der Waals surface area contributed by atoms with Crippen molar-refractivity contribution in [2.75, 3.05) is 0 Å². The second-order valence-corrected chi connectivity index (χ2v) is 9.33. The number of nitrogens with one attached hydrogen (secondary N) is 2. The monoisotopic (exact) mass is 470 g/mol. The van der Waals surface area contributed by atoms with Crippen molar-refractivity contribution < 1.29 is 0 Å². The highest BCUT2D eigenvalue weighted by molar-refractivity contribution is 7.18. The summed E-state index contributed by atoms with van der Waals surface area (Å²) in [7, 11) is 0. The van der Waals surface area contributed by atoms with Crippen LogP contribution in [-0.4, -0.2) is 29.9 Å². The fourth-order valence-electron chi connectivity index (χ4n) is 4.25. The van der Waals surface area contributed by atoms with Gasteiger partial charge >= 0.3 is 0 Å². The van der Waals surface area contributed by atoms with E-state index < -0.39 is 0 Å². The van der Waals surface area contributed by atoms with Crippen LogP contribution in [0, 0.1) is 0 Å². The molecule has 0 aliphatic heterocycles. The van der Waals surface area contributed by atoms with Gasteiger partial charge in [-0.3, -0.25) is 9.97 Å². The summed E-state index contributed by atoms with van der Waals surface area (Å²) >= 11 is 1.69. The summed E-state index contributed by atoms with van der Waals surface area (Å²) in [6, 6.07) is 26.7. The number of H-pyrrole nitrogens is 2. The molecule has 0 aliphatic carbocycles.